The molecule has 1 N–H and O–H groups in total. The molecule has 3 aromatic rings. The Labute approximate surface area is 120 Å². The molecule has 4 heterocycles. The van der Waals surface area contributed by atoms with E-state index >= 15 is 0 Å². The highest BCUT2D eigenvalue weighted by Gasteiger charge is 2.23. The van der Waals surface area contributed by atoms with Crippen molar-refractivity contribution < 1.29 is 4.52 Å². The van der Waals surface area contributed by atoms with E-state index in [9.17, 15) is 0 Å². The molecule has 0 saturated heterocycles. The number of nitrogens with one attached hydrogen (secondary N) is 1. The number of aryl methyl sites for hydroxylation is 1. The van der Waals surface area contributed by atoms with Gasteiger partial charge in [-0.2, -0.15) is 0 Å². The average molecular weight is 286 g/mol. The second kappa shape index (κ2) is 4.56. The smallest absolute Gasteiger partial charge is 0.170 e. The van der Waals surface area contributed by atoms with Crippen molar-refractivity contribution in [3.05, 3.63) is 28.9 Å². The lowest BCUT2D eigenvalue weighted by Crippen LogP contribution is -2.00. The summed E-state index contributed by atoms with van der Waals surface area (Å²) in [4.78, 5) is 7.47. The molecule has 0 radical (unpaired) electrons. The van der Waals surface area contributed by atoms with E-state index in [1.54, 1.807) is 12.5 Å². The predicted octanol–water partition coefficient (Wildman–Crippen LogP) is 3.48. The minimum absolute atomic E-state index is 0.646. The first kappa shape index (κ1) is 11.8. The number of aromatic amines is 1. The normalized spacial score (nSPS) is 15.2. The number of fused-ring (bicyclic) bond motifs is 3. The van der Waals surface area contributed by atoms with Gasteiger partial charge in [-0.1, -0.05) is 23.8 Å². The highest BCUT2D eigenvalue weighted by atomic mass is 32.1. The van der Waals surface area contributed by atoms with Gasteiger partial charge in [0.1, 0.15) is 5.52 Å². The van der Waals surface area contributed by atoms with Gasteiger partial charge in [-0.05, 0) is 19.3 Å². The number of hydrogen-bond acceptors (Lipinski definition) is 4. The fourth-order valence-electron chi connectivity index (χ4n) is 3.10. The third-order valence-corrected chi connectivity index (χ3v) is 4.24. The van der Waals surface area contributed by atoms with E-state index in [2.05, 4.69) is 19.7 Å². The summed E-state index contributed by atoms with van der Waals surface area (Å²) in [5.41, 5.74) is 4.40. The van der Waals surface area contributed by atoms with E-state index in [4.69, 9.17) is 16.7 Å². The number of nitrogens with zero attached hydrogens (tertiary/aromatic N) is 3. The maximum atomic E-state index is 5.43. The molecular weight excluding hydrogens is 272 g/mol. The van der Waals surface area contributed by atoms with E-state index in [1.165, 1.54) is 25.0 Å². The molecule has 5 nitrogen and oxygen atoms in total. The molecule has 6 heteroatoms. The Morgan fingerprint density at radius 1 is 1.30 bits per heavy atom. The van der Waals surface area contributed by atoms with Gasteiger partial charge in [0.25, 0.3) is 0 Å². The van der Waals surface area contributed by atoms with Crippen LogP contribution in [0.1, 0.15) is 25.0 Å². The van der Waals surface area contributed by atoms with Crippen molar-refractivity contribution in [3.8, 4) is 11.3 Å². The molecule has 0 aliphatic carbocycles. The molecule has 0 aromatic carbocycles. The minimum atomic E-state index is 0.646. The van der Waals surface area contributed by atoms with Crippen LogP contribution in [0.25, 0.3) is 22.4 Å². The van der Waals surface area contributed by atoms with Crippen LogP contribution >= 0.6 is 12.2 Å². The average Bonchev–Trinajstić information content (AvgIpc) is 2.99. The third kappa shape index (κ3) is 1.64. The maximum Gasteiger partial charge on any atom is 0.170 e. The summed E-state index contributed by atoms with van der Waals surface area (Å²) in [6.07, 6.45) is 7.99. The van der Waals surface area contributed by atoms with Crippen molar-refractivity contribution in [3.63, 3.8) is 0 Å². The number of rotatable bonds is 1. The van der Waals surface area contributed by atoms with Gasteiger partial charge in [0.2, 0.25) is 0 Å². The minimum Gasteiger partial charge on any atom is -0.356 e. The van der Waals surface area contributed by atoms with E-state index in [1.807, 2.05) is 6.07 Å². The third-order valence-electron chi connectivity index (χ3n) is 3.94. The summed E-state index contributed by atoms with van der Waals surface area (Å²) in [5, 5.41) is 3.84. The fourth-order valence-corrected chi connectivity index (χ4v) is 3.37. The summed E-state index contributed by atoms with van der Waals surface area (Å²) in [7, 11) is 0. The van der Waals surface area contributed by atoms with Crippen molar-refractivity contribution in [1.82, 2.24) is 19.7 Å². The highest BCUT2D eigenvalue weighted by Crippen LogP contribution is 2.36. The Morgan fingerprint density at radius 2 is 2.25 bits per heavy atom. The maximum absolute atomic E-state index is 5.43. The summed E-state index contributed by atoms with van der Waals surface area (Å²) < 4.78 is 8.35. The Bertz CT molecular complexity index is 816. The van der Waals surface area contributed by atoms with Gasteiger partial charge in [-0.25, -0.2) is 4.98 Å². The van der Waals surface area contributed by atoms with E-state index in [-0.39, 0.29) is 0 Å². The van der Waals surface area contributed by atoms with Crippen LogP contribution in [0.5, 0.6) is 0 Å². The quantitative estimate of drug-likeness (QED) is 0.696. The second-order valence-corrected chi connectivity index (χ2v) is 5.48. The number of hydrogen-bond donors (Lipinski definition) is 1. The molecule has 1 aliphatic heterocycles. The van der Waals surface area contributed by atoms with Crippen molar-refractivity contribution in [2.24, 2.45) is 0 Å². The van der Waals surface area contributed by atoms with Gasteiger partial charge in [0.15, 0.2) is 10.4 Å². The molecule has 0 fully saturated rings. The lowest BCUT2D eigenvalue weighted by Gasteiger charge is -2.05. The number of H-pyrrole nitrogens is 1. The van der Waals surface area contributed by atoms with Crippen LogP contribution in [0.4, 0.5) is 0 Å². The predicted molar refractivity (Wildman–Crippen MR) is 78.0 cm³/mol. The van der Waals surface area contributed by atoms with Crippen molar-refractivity contribution >= 4 is 23.3 Å². The fraction of sp³-hybridized carbons (Fsp3) is 0.357. The van der Waals surface area contributed by atoms with Crippen LogP contribution < -0.4 is 0 Å². The van der Waals surface area contributed by atoms with Crippen LogP contribution in [-0.4, -0.2) is 19.7 Å². The molecule has 3 aromatic heterocycles. The van der Waals surface area contributed by atoms with Crippen LogP contribution in [0.3, 0.4) is 0 Å². The molecule has 102 valence electrons. The zero-order chi connectivity index (χ0) is 13.5. The standard InChI is InChI=1S/C14H14N4OS/c20-14-13-12(15-8-16-14)11(10-5-6-17-19-10)9-4-2-1-3-7-18(9)13/h5-6,8H,1-4,7H2,(H,15,16,20). The molecule has 4 rings (SSSR count). The van der Waals surface area contributed by atoms with Crippen molar-refractivity contribution in [2.75, 3.05) is 0 Å². The Kier molecular flexibility index (Phi) is 2.70. The molecule has 0 unspecified atom stereocenters. The van der Waals surface area contributed by atoms with Gasteiger partial charge in [-0.15, -0.1) is 0 Å². The van der Waals surface area contributed by atoms with E-state index in [0.717, 1.165) is 35.3 Å². The van der Waals surface area contributed by atoms with E-state index < -0.39 is 0 Å². The summed E-state index contributed by atoms with van der Waals surface area (Å²) in [5.74, 6) is 0.794. The first-order chi connectivity index (χ1) is 9.86. The van der Waals surface area contributed by atoms with E-state index in [0.29, 0.717) is 4.64 Å². The van der Waals surface area contributed by atoms with Crippen LogP contribution in [0.2, 0.25) is 0 Å². The van der Waals surface area contributed by atoms with Gasteiger partial charge < -0.3 is 14.1 Å². The zero-order valence-electron chi connectivity index (χ0n) is 10.9. The molecule has 0 saturated carbocycles. The van der Waals surface area contributed by atoms with Crippen LogP contribution in [-0.2, 0) is 13.0 Å². The largest absolute Gasteiger partial charge is 0.356 e. The van der Waals surface area contributed by atoms with Gasteiger partial charge >= 0.3 is 0 Å². The lowest BCUT2D eigenvalue weighted by molar-refractivity contribution is 0.432. The monoisotopic (exact) mass is 286 g/mol. The zero-order valence-corrected chi connectivity index (χ0v) is 11.7. The molecule has 1 aliphatic rings. The highest BCUT2D eigenvalue weighted by molar-refractivity contribution is 7.71. The summed E-state index contributed by atoms with van der Waals surface area (Å²) in [6, 6.07) is 1.90. The van der Waals surface area contributed by atoms with Gasteiger partial charge in [-0.3, -0.25) is 0 Å². The summed E-state index contributed by atoms with van der Waals surface area (Å²) in [6.45, 7) is 0.989. The van der Waals surface area contributed by atoms with Gasteiger partial charge in [0, 0.05) is 18.3 Å². The Hall–Kier alpha value is -1.95. The molecule has 20 heavy (non-hydrogen) atoms. The molecular formula is C14H14N4OS. The topological polar surface area (TPSA) is 59.6 Å². The first-order valence-electron chi connectivity index (χ1n) is 6.86. The van der Waals surface area contributed by atoms with Crippen LogP contribution in [0, 0.1) is 4.64 Å². The molecule has 0 amide bonds. The summed E-state index contributed by atoms with van der Waals surface area (Å²) >= 11 is 5.43. The number of aromatic nitrogens is 4. The Morgan fingerprint density at radius 3 is 3.10 bits per heavy atom. The van der Waals surface area contributed by atoms with Crippen molar-refractivity contribution in [1.29, 1.82) is 0 Å². The molecule has 0 spiro atoms. The second-order valence-electron chi connectivity index (χ2n) is 5.09. The lowest BCUT2D eigenvalue weighted by atomic mass is 10.1. The van der Waals surface area contributed by atoms with Crippen molar-refractivity contribution in [2.45, 2.75) is 32.2 Å². The first-order valence-corrected chi connectivity index (χ1v) is 7.27. The molecule has 0 bridgehead atoms. The van der Waals surface area contributed by atoms with Gasteiger partial charge in [0.05, 0.1) is 23.6 Å². The van der Waals surface area contributed by atoms with Crippen LogP contribution in [0.15, 0.2) is 23.1 Å². The molecule has 0 atom stereocenters. The Balaban J connectivity index is 2.14. The SMILES string of the molecule is S=c1nc[nH]c2c(-c3ccno3)c3n(c12)CCCCC3.